The summed E-state index contributed by atoms with van der Waals surface area (Å²) in [7, 11) is 0. The summed E-state index contributed by atoms with van der Waals surface area (Å²) in [6.07, 6.45) is 5.05. The standard InChI is InChI=1S/C21H24F2N6O/c22-20(23)12-28-14-25-19-9-16(3-4-18(19)21(28)30)27-7-5-26(6-8-27)11-17-10-24-13-29(17)15-1-2-15/h3-4,9-10,13-15,20H,1-2,5-8,11-12H2. The number of piperazine rings is 1. The van der Waals surface area contributed by atoms with E-state index in [1.165, 1.54) is 24.9 Å². The van der Waals surface area contributed by atoms with E-state index in [4.69, 9.17) is 0 Å². The molecule has 0 unspecified atom stereocenters. The fourth-order valence-corrected chi connectivity index (χ4v) is 4.15. The van der Waals surface area contributed by atoms with E-state index in [1.54, 1.807) is 6.07 Å². The molecule has 2 fully saturated rings. The van der Waals surface area contributed by atoms with Crippen LogP contribution in [-0.2, 0) is 13.1 Å². The zero-order valence-corrected chi connectivity index (χ0v) is 16.6. The number of imidazole rings is 1. The van der Waals surface area contributed by atoms with Gasteiger partial charge >= 0.3 is 0 Å². The predicted molar refractivity (Wildman–Crippen MR) is 110 cm³/mol. The Bertz CT molecular complexity index is 1100. The molecule has 0 atom stereocenters. The smallest absolute Gasteiger partial charge is 0.261 e. The van der Waals surface area contributed by atoms with E-state index in [0.717, 1.165) is 43.0 Å². The van der Waals surface area contributed by atoms with Crippen LogP contribution >= 0.6 is 0 Å². The van der Waals surface area contributed by atoms with Gasteiger partial charge in [-0.1, -0.05) is 0 Å². The van der Waals surface area contributed by atoms with Crippen LogP contribution in [0.3, 0.4) is 0 Å². The fourth-order valence-electron chi connectivity index (χ4n) is 4.15. The molecule has 1 saturated heterocycles. The van der Waals surface area contributed by atoms with Crippen LogP contribution in [0.25, 0.3) is 10.9 Å². The Hall–Kier alpha value is -2.81. The van der Waals surface area contributed by atoms with E-state index in [-0.39, 0.29) is 0 Å². The molecule has 2 aromatic heterocycles. The second kappa shape index (κ2) is 7.79. The first kappa shape index (κ1) is 19.2. The molecule has 3 aromatic rings. The lowest BCUT2D eigenvalue weighted by atomic mass is 10.2. The van der Waals surface area contributed by atoms with Crippen molar-refractivity contribution < 1.29 is 8.78 Å². The number of hydrogen-bond donors (Lipinski definition) is 0. The lowest BCUT2D eigenvalue weighted by molar-refractivity contribution is 0.125. The van der Waals surface area contributed by atoms with Crippen molar-refractivity contribution in [1.29, 1.82) is 0 Å². The predicted octanol–water partition coefficient (Wildman–Crippen LogP) is 2.52. The van der Waals surface area contributed by atoms with Crippen molar-refractivity contribution >= 4 is 16.6 Å². The number of benzene rings is 1. The molecule has 30 heavy (non-hydrogen) atoms. The maximum absolute atomic E-state index is 12.6. The van der Waals surface area contributed by atoms with Crippen LogP contribution in [0.5, 0.6) is 0 Å². The van der Waals surface area contributed by atoms with Gasteiger partial charge in [-0.05, 0) is 31.0 Å². The number of fused-ring (bicyclic) bond motifs is 1. The van der Waals surface area contributed by atoms with Crippen molar-refractivity contribution in [1.82, 2.24) is 24.0 Å². The first-order chi connectivity index (χ1) is 14.6. The number of alkyl halides is 2. The van der Waals surface area contributed by atoms with Crippen molar-refractivity contribution in [3.8, 4) is 0 Å². The Morgan fingerprint density at radius 1 is 1.10 bits per heavy atom. The molecule has 1 saturated carbocycles. The molecule has 0 spiro atoms. The molecule has 158 valence electrons. The fraction of sp³-hybridized carbons (Fsp3) is 0.476. The monoisotopic (exact) mass is 414 g/mol. The van der Waals surface area contributed by atoms with E-state index in [9.17, 15) is 13.6 Å². The van der Waals surface area contributed by atoms with Crippen molar-refractivity contribution in [3.63, 3.8) is 0 Å². The summed E-state index contributed by atoms with van der Waals surface area (Å²) in [5.41, 5.74) is 2.40. The molecule has 0 bridgehead atoms. The first-order valence-corrected chi connectivity index (χ1v) is 10.3. The van der Waals surface area contributed by atoms with Gasteiger partial charge in [0.05, 0.1) is 35.8 Å². The number of aromatic nitrogens is 4. The molecule has 1 aromatic carbocycles. The Balaban J connectivity index is 1.26. The Morgan fingerprint density at radius 2 is 1.90 bits per heavy atom. The van der Waals surface area contributed by atoms with Crippen molar-refractivity contribution in [2.45, 2.75) is 38.4 Å². The highest BCUT2D eigenvalue weighted by molar-refractivity contribution is 5.81. The highest BCUT2D eigenvalue weighted by Gasteiger charge is 2.26. The second-order valence-corrected chi connectivity index (χ2v) is 8.08. The van der Waals surface area contributed by atoms with E-state index in [1.807, 2.05) is 24.7 Å². The lowest BCUT2D eigenvalue weighted by Gasteiger charge is -2.36. The van der Waals surface area contributed by atoms with Crippen LogP contribution in [0, 0.1) is 0 Å². The lowest BCUT2D eigenvalue weighted by Crippen LogP contribution is -2.46. The van der Waals surface area contributed by atoms with Crippen molar-refractivity contribution in [2.24, 2.45) is 0 Å². The quantitative estimate of drug-likeness (QED) is 0.620. The molecule has 9 heteroatoms. The topological polar surface area (TPSA) is 59.2 Å². The number of anilines is 1. The number of hydrogen-bond acceptors (Lipinski definition) is 5. The molecule has 0 N–H and O–H groups in total. The van der Waals surface area contributed by atoms with Crippen LogP contribution in [-0.4, -0.2) is 56.6 Å². The maximum atomic E-state index is 12.6. The molecular weight excluding hydrogens is 390 g/mol. The normalized spacial score (nSPS) is 17.9. The van der Waals surface area contributed by atoms with Gasteiger partial charge in [0.1, 0.15) is 0 Å². The minimum atomic E-state index is -2.58. The minimum absolute atomic E-state index is 0.369. The summed E-state index contributed by atoms with van der Waals surface area (Å²) >= 11 is 0. The first-order valence-electron chi connectivity index (χ1n) is 10.3. The van der Waals surface area contributed by atoms with Crippen LogP contribution in [0.1, 0.15) is 24.6 Å². The Morgan fingerprint density at radius 3 is 2.63 bits per heavy atom. The third-order valence-corrected chi connectivity index (χ3v) is 5.95. The van der Waals surface area contributed by atoms with Gasteiger partial charge in [-0.15, -0.1) is 0 Å². The van der Waals surface area contributed by atoms with Gasteiger partial charge in [-0.3, -0.25) is 14.3 Å². The van der Waals surface area contributed by atoms with Gasteiger partial charge in [-0.2, -0.15) is 0 Å². The van der Waals surface area contributed by atoms with Gasteiger partial charge < -0.3 is 9.47 Å². The molecule has 5 rings (SSSR count). The SMILES string of the molecule is O=c1c2ccc(N3CCN(Cc4cncn4C4CC4)CC3)cc2ncn1CC(F)F. The van der Waals surface area contributed by atoms with Gasteiger partial charge in [0.15, 0.2) is 0 Å². The largest absolute Gasteiger partial charge is 0.369 e. The zero-order chi connectivity index (χ0) is 20.7. The number of rotatable bonds is 6. The van der Waals surface area contributed by atoms with E-state index in [2.05, 4.69) is 24.3 Å². The van der Waals surface area contributed by atoms with Crippen LogP contribution in [0.2, 0.25) is 0 Å². The molecule has 0 radical (unpaired) electrons. The number of nitrogens with zero attached hydrogens (tertiary/aromatic N) is 6. The molecular formula is C21H24F2N6O. The molecule has 1 aliphatic carbocycles. The minimum Gasteiger partial charge on any atom is -0.369 e. The van der Waals surface area contributed by atoms with Crippen LogP contribution < -0.4 is 10.5 Å². The molecule has 1 aliphatic heterocycles. The molecule has 3 heterocycles. The highest BCUT2D eigenvalue weighted by atomic mass is 19.3. The third kappa shape index (κ3) is 3.81. The summed E-state index contributed by atoms with van der Waals surface area (Å²) in [5.74, 6) is 0. The summed E-state index contributed by atoms with van der Waals surface area (Å²) in [4.78, 5) is 25.7. The summed E-state index contributed by atoms with van der Waals surface area (Å²) in [6.45, 7) is 3.92. The molecule has 0 amide bonds. The average Bonchev–Trinajstić information content (AvgIpc) is 3.49. The maximum Gasteiger partial charge on any atom is 0.261 e. The van der Waals surface area contributed by atoms with E-state index in [0.29, 0.717) is 16.9 Å². The van der Waals surface area contributed by atoms with Crippen LogP contribution in [0.4, 0.5) is 14.5 Å². The highest BCUT2D eigenvalue weighted by Crippen LogP contribution is 2.35. The van der Waals surface area contributed by atoms with Crippen LogP contribution in [0.15, 0.2) is 41.8 Å². The average molecular weight is 414 g/mol. The van der Waals surface area contributed by atoms with E-state index < -0.39 is 18.5 Å². The summed E-state index contributed by atoms with van der Waals surface area (Å²) in [6, 6.07) is 6.10. The Kier molecular flexibility index (Phi) is 4.98. The second-order valence-electron chi connectivity index (χ2n) is 8.08. The molecule has 7 nitrogen and oxygen atoms in total. The van der Waals surface area contributed by atoms with Gasteiger partial charge in [0.2, 0.25) is 0 Å². The van der Waals surface area contributed by atoms with Crippen molar-refractivity contribution in [3.05, 3.63) is 53.1 Å². The zero-order valence-electron chi connectivity index (χ0n) is 16.6. The Labute approximate surface area is 172 Å². The van der Waals surface area contributed by atoms with Gasteiger partial charge in [0, 0.05) is 50.6 Å². The van der Waals surface area contributed by atoms with Gasteiger partial charge in [-0.25, -0.2) is 18.7 Å². The molecule has 2 aliphatic rings. The summed E-state index contributed by atoms with van der Waals surface area (Å²) in [5, 5.41) is 0.369. The van der Waals surface area contributed by atoms with Gasteiger partial charge in [0.25, 0.3) is 12.0 Å². The third-order valence-electron chi connectivity index (χ3n) is 5.95. The summed E-state index contributed by atoms with van der Waals surface area (Å²) < 4.78 is 28.5. The van der Waals surface area contributed by atoms with Crippen molar-refractivity contribution in [2.75, 3.05) is 31.1 Å². The van der Waals surface area contributed by atoms with E-state index >= 15 is 0 Å². The number of halogens is 2.